The first-order valence-corrected chi connectivity index (χ1v) is 11.7. The van der Waals surface area contributed by atoms with Crippen molar-refractivity contribution >= 4 is 38.8 Å². The maximum absolute atomic E-state index is 12.9. The number of ether oxygens (including phenoxy) is 2. The van der Waals surface area contributed by atoms with E-state index in [0.717, 1.165) is 5.52 Å². The molecule has 2 aliphatic rings. The first-order valence-electron chi connectivity index (χ1n) is 9.35. The fraction of sp³-hybridized carbons (Fsp3) is 0.556. The number of fused-ring (bicyclic) bond motifs is 1. The molecule has 28 heavy (non-hydrogen) atoms. The van der Waals surface area contributed by atoms with Crippen LogP contribution in [0, 0.1) is 0 Å². The molecule has 0 aliphatic carbocycles. The van der Waals surface area contributed by atoms with Gasteiger partial charge in [-0.25, -0.2) is 13.4 Å². The maximum atomic E-state index is 12.9. The molecular formula is C18H23N3O5S2. The van der Waals surface area contributed by atoms with E-state index in [-0.39, 0.29) is 22.2 Å². The van der Waals surface area contributed by atoms with Crippen LogP contribution in [-0.4, -0.2) is 65.9 Å². The number of nitrogens with zero attached hydrogens (tertiary/aromatic N) is 3. The smallest absolute Gasteiger partial charge is 0.319 e. The van der Waals surface area contributed by atoms with Gasteiger partial charge in [-0.05, 0) is 32.0 Å². The van der Waals surface area contributed by atoms with Crippen molar-refractivity contribution in [3.05, 3.63) is 18.2 Å². The molecule has 152 valence electrons. The number of cyclic esters (lactones) is 1. The summed E-state index contributed by atoms with van der Waals surface area (Å²) in [4.78, 5) is 16.9. The van der Waals surface area contributed by atoms with Gasteiger partial charge in [0, 0.05) is 26.1 Å². The molecule has 2 aromatic rings. The highest BCUT2D eigenvalue weighted by atomic mass is 32.2. The van der Waals surface area contributed by atoms with Crippen LogP contribution in [-0.2, 0) is 30.8 Å². The lowest BCUT2D eigenvalue weighted by Gasteiger charge is -2.26. The maximum Gasteiger partial charge on any atom is 0.319 e. The molecular weight excluding hydrogens is 402 g/mol. The van der Waals surface area contributed by atoms with E-state index in [0.29, 0.717) is 49.9 Å². The number of hydrogen-bond donors (Lipinski definition) is 0. The van der Waals surface area contributed by atoms with Crippen LogP contribution in [0.4, 0.5) is 0 Å². The van der Waals surface area contributed by atoms with Gasteiger partial charge in [-0.3, -0.25) is 4.79 Å². The topological polar surface area (TPSA) is 90.7 Å². The molecule has 2 aliphatic heterocycles. The normalized spacial score (nSPS) is 24.0. The Balaban J connectivity index is 1.67. The molecule has 0 saturated carbocycles. The molecule has 1 aromatic heterocycles. The van der Waals surface area contributed by atoms with Crippen LogP contribution >= 0.6 is 11.8 Å². The van der Waals surface area contributed by atoms with Gasteiger partial charge in [-0.1, -0.05) is 11.8 Å². The summed E-state index contributed by atoms with van der Waals surface area (Å²) in [5.74, 6) is -0.220. The number of aryl methyl sites for hydroxylation is 1. The Hall–Kier alpha value is -1.62. The summed E-state index contributed by atoms with van der Waals surface area (Å²) in [6.45, 7) is 6.07. The SMILES string of the molecule is CCn1c(S[C@@H]2C[C@@H](C)OC2=O)nc2cc(S(=O)(=O)N3CCOCC3)ccc21. The number of carbonyl (C=O) groups is 1. The zero-order valence-corrected chi connectivity index (χ0v) is 17.5. The van der Waals surface area contributed by atoms with E-state index in [1.165, 1.54) is 16.1 Å². The van der Waals surface area contributed by atoms with E-state index < -0.39 is 10.0 Å². The van der Waals surface area contributed by atoms with Crippen molar-refractivity contribution in [2.24, 2.45) is 0 Å². The fourth-order valence-electron chi connectivity index (χ4n) is 3.52. The summed E-state index contributed by atoms with van der Waals surface area (Å²) < 4.78 is 39.8. The Morgan fingerprint density at radius 2 is 2.04 bits per heavy atom. The van der Waals surface area contributed by atoms with Gasteiger partial charge in [-0.15, -0.1) is 0 Å². The zero-order chi connectivity index (χ0) is 19.9. The Labute approximate surface area is 168 Å². The third-order valence-corrected chi connectivity index (χ3v) is 8.07. The number of hydrogen-bond acceptors (Lipinski definition) is 7. The number of imidazole rings is 1. The fourth-order valence-corrected chi connectivity index (χ4v) is 6.23. The predicted octanol–water partition coefficient (Wildman–Crippen LogP) is 1.87. The standard InChI is InChI=1S/C18H23N3O5S2/c1-3-21-15-5-4-13(28(23,24)20-6-8-25-9-7-20)11-14(15)19-18(21)27-16-10-12(2)26-17(16)22/h4-5,11-12,16H,3,6-10H2,1-2H3/t12-,16-/m1/s1. The molecule has 4 rings (SSSR count). The molecule has 2 atom stereocenters. The molecule has 0 spiro atoms. The average Bonchev–Trinajstić information content (AvgIpc) is 3.20. The second-order valence-electron chi connectivity index (χ2n) is 6.90. The number of rotatable bonds is 5. The molecule has 0 amide bonds. The van der Waals surface area contributed by atoms with Crippen LogP contribution in [0.15, 0.2) is 28.3 Å². The highest BCUT2D eigenvalue weighted by Gasteiger charge is 2.34. The molecule has 1 aromatic carbocycles. The van der Waals surface area contributed by atoms with Crippen LogP contribution < -0.4 is 0 Å². The third-order valence-electron chi connectivity index (χ3n) is 4.98. The van der Waals surface area contributed by atoms with Gasteiger partial charge in [0.25, 0.3) is 0 Å². The number of thioether (sulfide) groups is 1. The van der Waals surface area contributed by atoms with E-state index in [9.17, 15) is 13.2 Å². The number of sulfonamides is 1. The second-order valence-corrected chi connectivity index (χ2v) is 10.0. The van der Waals surface area contributed by atoms with Gasteiger partial charge in [0.1, 0.15) is 11.4 Å². The van der Waals surface area contributed by atoms with Crippen molar-refractivity contribution < 1.29 is 22.7 Å². The van der Waals surface area contributed by atoms with Crippen LogP contribution in [0.1, 0.15) is 20.3 Å². The number of esters is 1. The molecule has 3 heterocycles. The Bertz CT molecular complexity index is 998. The van der Waals surface area contributed by atoms with Gasteiger partial charge in [0.05, 0.1) is 29.1 Å². The Kier molecular flexibility index (Phi) is 5.38. The van der Waals surface area contributed by atoms with Crippen molar-refractivity contribution in [3.63, 3.8) is 0 Å². The van der Waals surface area contributed by atoms with E-state index in [4.69, 9.17) is 9.47 Å². The van der Waals surface area contributed by atoms with Crippen LogP contribution in [0.3, 0.4) is 0 Å². The summed E-state index contributed by atoms with van der Waals surface area (Å²) in [6, 6.07) is 5.03. The van der Waals surface area contributed by atoms with Crippen molar-refractivity contribution in [1.82, 2.24) is 13.9 Å². The largest absolute Gasteiger partial charge is 0.462 e. The minimum Gasteiger partial charge on any atom is -0.462 e. The van der Waals surface area contributed by atoms with E-state index in [1.54, 1.807) is 18.2 Å². The number of carbonyl (C=O) groups excluding carboxylic acids is 1. The number of benzene rings is 1. The quantitative estimate of drug-likeness (QED) is 0.676. The Morgan fingerprint density at radius 3 is 2.68 bits per heavy atom. The van der Waals surface area contributed by atoms with Crippen molar-refractivity contribution in [1.29, 1.82) is 0 Å². The molecule has 8 nitrogen and oxygen atoms in total. The van der Waals surface area contributed by atoms with Gasteiger partial charge in [-0.2, -0.15) is 4.31 Å². The highest BCUT2D eigenvalue weighted by molar-refractivity contribution is 8.00. The molecule has 0 N–H and O–H groups in total. The first-order chi connectivity index (χ1) is 13.4. The van der Waals surface area contributed by atoms with E-state index in [2.05, 4.69) is 4.98 Å². The van der Waals surface area contributed by atoms with E-state index in [1.807, 2.05) is 18.4 Å². The van der Waals surface area contributed by atoms with Gasteiger partial charge >= 0.3 is 5.97 Å². The van der Waals surface area contributed by atoms with Gasteiger partial charge in [0.15, 0.2) is 5.16 Å². The average molecular weight is 426 g/mol. The molecule has 2 saturated heterocycles. The van der Waals surface area contributed by atoms with Gasteiger partial charge < -0.3 is 14.0 Å². The summed E-state index contributed by atoms with van der Waals surface area (Å²) in [6.07, 6.45) is 0.558. The Morgan fingerprint density at radius 1 is 1.29 bits per heavy atom. The highest BCUT2D eigenvalue weighted by Crippen LogP contribution is 2.34. The summed E-state index contributed by atoms with van der Waals surface area (Å²) in [5.41, 5.74) is 1.46. The van der Waals surface area contributed by atoms with Crippen molar-refractivity contribution in [2.75, 3.05) is 26.3 Å². The molecule has 2 fully saturated rings. The van der Waals surface area contributed by atoms with Gasteiger partial charge in [0.2, 0.25) is 10.0 Å². The molecule has 0 radical (unpaired) electrons. The van der Waals surface area contributed by atoms with Crippen LogP contribution in [0.5, 0.6) is 0 Å². The van der Waals surface area contributed by atoms with Crippen molar-refractivity contribution in [2.45, 2.75) is 48.2 Å². The third kappa shape index (κ3) is 3.54. The van der Waals surface area contributed by atoms with Crippen LogP contribution in [0.25, 0.3) is 11.0 Å². The minimum absolute atomic E-state index is 0.0882. The van der Waals surface area contributed by atoms with Crippen molar-refractivity contribution in [3.8, 4) is 0 Å². The summed E-state index contributed by atoms with van der Waals surface area (Å²) in [7, 11) is -3.58. The zero-order valence-electron chi connectivity index (χ0n) is 15.8. The number of aromatic nitrogens is 2. The molecule has 0 bridgehead atoms. The van der Waals surface area contributed by atoms with Crippen LogP contribution in [0.2, 0.25) is 0 Å². The second kappa shape index (κ2) is 7.66. The predicted molar refractivity (Wildman–Crippen MR) is 105 cm³/mol. The monoisotopic (exact) mass is 425 g/mol. The molecule has 10 heteroatoms. The lowest BCUT2D eigenvalue weighted by molar-refractivity contribution is -0.140. The molecule has 0 unspecified atom stereocenters. The van der Waals surface area contributed by atoms with E-state index >= 15 is 0 Å². The number of morpholine rings is 1. The minimum atomic E-state index is -3.58. The lowest BCUT2D eigenvalue weighted by Crippen LogP contribution is -2.40. The summed E-state index contributed by atoms with van der Waals surface area (Å²) in [5, 5.41) is 0.420. The first kappa shape index (κ1) is 19.7. The summed E-state index contributed by atoms with van der Waals surface area (Å²) >= 11 is 1.38. The lowest BCUT2D eigenvalue weighted by atomic mass is 10.3.